The molecule has 1 aromatic heterocycles. The van der Waals surface area contributed by atoms with Crippen LogP contribution in [0.1, 0.15) is 15.9 Å². The van der Waals surface area contributed by atoms with E-state index in [0.717, 1.165) is 22.3 Å². The smallest absolute Gasteiger partial charge is 0.267 e. The van der Waals surface area contributed by atoms with E-state index in [4.69, 9.17) is 12.2 Å². The molecule has 1 saturated heterocycles. The van der Waals surface area contributed by atoms with Crippen molar-refractivity contribution in [1.82, 2.24) is 15.4 Å². The van der Waals surface area contributed by atoms with E-state index >= 15 is 0 Å². The summed E-state index contributed by atoms with van der Waals surface area (Å²) < 4.78 is 13.1. The van der Waals surface area contributed by atoms with Gasteiger partial charge < -0.3 is 0 Å². The zero-order chi connectivity index (χ0) is 17.1. The Labute approximate surface area is 146 Å². The van der Waals surface area contributed by atoms with Crippen molar-refractivity contribution in [1.29, 1.82) is 0 Å². The molecule has 0 spiro atoms. The van der Waals surface area contributed by atoms with Crippen molar-refractivity contribution < 1.29 is 14.0 Å². The average molecular weight is 359 g/mol. The Morgan fingerprint density at radius 2 is 2.04 bits per heavy atom. The van der Waals surface area contributed by atoms with Gasteiger partial charge in [0.1, 0.15) is 5.82 Å². The first-order valence-electron chi connectivity index (χ1n) is 6.79. The minimum Gasteiger partial charge on any atom is -0.267 e. The zero-order valence-electron chi connectivity index (χ0n) is 12.1. The Hall–Kier alpha value is -2.58. The van der Waals surface area contributed by atoms with E-state index in [0.29, 0.717) is 4.91 Å². The molecule has 0 unspecified atom stereocenters. The number of benzene rings is 1. The Morgan fingerprint density at radius 3 is 2.71 bits per heavy atom. The molecule has 0 radical (unpaired) electrons. The highest BCUT2D eigenvalue weighted by Gasteiger charge is 2.33. The first-order chi connectivity index (χ1) is 11.5. The number of nitrogens with zero attached hydrogens (tertiary/aromatic N) is 2. The number of aromatic nitrogens is 1. The summed E-state index contributed by atoms with van der Waals surface area (Å²) in [5.41, 5.74) is 3.41. The zero-order valence-corrected chi connectivity index (χ0v) is 13.7. The maximum atomic E-state index is 12.9. The van der Waals surface area contributed by atoms with Crippen molar-refractivity contribution in [3.8, 4) is 0 Å². The third kappa shape index (κ3) is 3.50. The van der Waals surface area contributed by atoms with Crippen LogP contribution in [0.4, 0.5) is 4.39 Å². The lowest BCUT2D eigenvalue weighted by atomic mass is 10.2. The van der Waals surface area contributed by atoms with Gasteiger partial charge in [-0.1, -0.05) is 17.8 Å². The van der Waals surface area contributed by atoms with Crippen LogP contribution in [0, 0.1) is 5.82 Å². The predicted octanol–water partition coefficient (Wildman–Crippen LogP) is 2.77. The standard InChI is InChI=1S/C16H10FN3O2S2/c17-12-5-3-11(4-6-12)14(21)19-20-15(22)13(24-16(20)23)8-10-2-1-7-18-9-10/h1-9H,(H,19,21)/b13-8+. The van der Waals surface area contributed by atoms with Crippen molar-refractivity contribution in [3.05, 3.63) is 70.6 Å². The number of amides is 2. The van der Waals surface area contributed by atoms with E-state index in [1.54, 1.807) is 30.6 Å². The van der Waals surface area contributed by atoms with Crippen LogP contribution >= 0.6 is 24.0 Å². The monoisotopic (exact) mass is 359 g/mol. The summed E-state index contributed by atoms with van der Waals surface area (Å²) in [5, 5.41) is 1.01. The molecule has 2 heterocycles. The highest BCUT2D eigenvalue weighted by molar-refractivity contribution is 8.26. The van der Waals surface area contributed by atoms with Crippen LogP contribution in [-0.2, 0) is 4.79 Å². The molecule has 1 aliphatic rings. The fraction of sp³-hybridized carbons (Fsp3) is 0. The highest BCUT2D eigenvalue weighted by atomic mass is 32.2. The van der Waals surface area contributed by atoms with E-state index in [1.807, 2.05) is 0 Å². The van der Waals surface area contributed by atoms with Gasteiger partial charge in [0, 0.05) is 18.0 Å². The quantitative estimate of drug-likeness (QED) is 0.674. The number of thioether (sulfide) groups is 1. The molecule has 120 valence electrons. The molecule has 5 nitrogen and oxygen atoms in total. The van der Waals surface area contributed by atoms with Gasteiger partial charge >= 0.3 is 0 Å². The normalized spacial score (nSPS) is 15.9. The molecule has 2 amide bonds. The molecule has 1 aliphatic heterocycles. The number of nitrogens with one attached hydrogen (secondary N) is 1. The Morgan fingerprint density at radius 1 is 1.29 bits per heavy atom. The van der Waals surface area contributed by atoms with Crippen molar-refractivity contribution in [2.75, 3.05) is 0 Å². The molecule has 2 aromatic rings. The van der Waals surface area contributed by atoms with Crippen LogP contribution in [0.15, 0.2) is 53.7 Å². The van der Waals surface area contributed by atoms with Crippen molar-refractivity contribution >= 4 is 46.2 Å². The van der Waals surface area contributed by atoms with Crippen LogP contribution in [0.3, 0.4) is 0 Å². The van der Waals surface area contributed by atoms with Crippen LogP contribution in [0.2, 0.25) is 0 Å². The third-order valence-electron chi connectivity index (χ3n) is 3.10. The average Bonchev–Trinajstić information content (AvgIpc) is 2.84. The number of hydrogen-bond donors (Lipinski definition) is 1. The van der Waals surface area contributed by atoms with Gasteiger partial charge in [0.25, 0.3) is 11.8 Å². The van der Waals surface area contributed by atoms with Gasteiger partial charge in [0.15, 0.2) is 4.32 Å². The Bertz CT molecular complexity index is 838. The van der Waals surface area contributed by atoms with Gasteiger partial charge in [0.05, 0.1) is 4.91 Å². The molecule has 1 aromatic carbocycles. The van der Waals surface area contributed by atoms with Crippen LogP contribution in [0.25, 0.3) is 6.08 Å². The number of rotatable bonds is 3. The van der Waals surface area contributed by atoms with Crippen molar-refractivity contribution in [2.45, 2.75) is 0 Å². The van der Waals surface area contributed by atoms with Gasteiger partial charge in [-0.3, -0.25) is 20.0 Å². The van der Waals surface area contributed by atoms with Crippen molar-refractivity contribution in [2.24, 2.45) is 0 Å². The minimum atomic E-state index is -0.547. The minimum absolute atomic E-state index is 0.214. The van der Waals surface area contributed by atoms with Crippen LogP contribution in [0.5, 0.6) is 0 Å². The van der Waals surface area contributed by atoms with Gasteiger partial charge in [-0.05, 0) is 54.2 Å². The fourth-order valence-electron chi connectivity index (χ4n) is 1.94. The number of carbonyl (C=O) groups excluding carboxylic acids is 2. The highest BCUT2D eigenvalue weighted by Crippen LogP contribution is 2.31. The fourth-order valence-corrected chi connectivity index (χ4v) is 3.12. The predicted molar refractivity (Wildman–Crippen MR) is 93.1 cm³/mol. The summed E-state index contributed by atoms with van der Waals surface area (Å²) in [6, 6.07) is 8.55. The van der Waals surface area contributed by atoms with Gasteiger partial charge in [-0.25, -0.2) is 4.39 Å². The molecule has 0 bridgehead atoms. The summed E-state index contributed by atoms with van der Waals surface area (Å²) in [6.07, 6.45) is 4.89. The summed E-state index contributed by atoms with van der Waals surface area (Å²) in [7, 11) is 0. The molecule has 1 fully saturated rings. The molecule has 0 saturated carbocycles. The van der Waals surface area contributed by atoms with Gasteiger partial charge in [-0.2, -0.15) is 5.01 Å². The number of hydrogen-bond acceptors (Lipinski definition) is 5. The number of hydrazine groups is 1. The van der Waals surface area contributed by atoms with E-state index in [2.05, 4.69) is 10.4 Å². The maximum absolute atomic E-state index is 12.9. The number of thiocarbonyl (C=S) groups is 1. The lowest BCUT2D eigenvalue weighted by Gasteiger charge is -2.15. The summed E-state index contributed by atoms with van der Waals surface area (Å²) in [5.74, 6) is -1.42. The summed E-state index contributed by atoms with van der Waals surface area (Å²) in [6.45, 7) is 0. The maximum Gasteiger partial charge on any atom is 0.285 e. The summed E-state index contributed by atoms with van der Waals surface area (Å²) in [4.78, 5) is 28.9. The Balaban J connectivity index is 1.76. The van der Waals surface area contributed by atoms with Gasteiger partial charge in [0.2, 0.25) is 0 Å². The molecule has 0 aliphatic carbocycles. The van der Waals surface area contributed by atoms with Crippen LogP contribution < -0.4 is 5.43 Å². The van der Waals surface area contributed by atoms with Crippen molar-refractivity contribution in [3.63, 3.8) is 0 Å². The second-order valence-electron chi connectivity index (χ2n) is 4.75. The Kier molecular flexibility index (Phi) is 4.68. The summed E-state index contributed by atoms with van der Waals surface area (Å²) >= 11 is 6.22. The van der Waals surface area contributed by atoms with E-state index in [9.17, 15) is 14.0 Å². The van der Waals surface area contributed by atoms with Gasteiger partial charge in [-0.15, -0.1) is 0 Å². The van der Waals surface area contributed by atoms with E-state index in [1.165, 1.54) is 24.3 Å². The first-order valence-corrected chi connectivity index (χ1v) is 8.01. The molecular formula is C16H10FN3O2S2. The largest absolute Gasteiger partial charge is 0.285 e. The molecule has 24 heavy (non-hydrogen) atoms. The first kappa shape index (κ1) is 16.3. The molecule has 3 rings (SSSR count). The van der Waals surface area contributed by atoms with E-state index in [-0.39, 0.29) is 9.88 Å². The molecule has 0 atom stereocenters. The lowest BCUT2D eigenvalue weighted by Crippen LogP contribution is -2.44. The SMILES string of the molecule is O=C(NN1C(=O)/C(=C\c2cccnc2)SC1=S)c1ccc(F)cc1. The number of carbonyl (C=O) groups is 2. The molecule has 8 heteroatoms. The third-order valence-corrected chi connectivity index (χ3v) is 4.40. The second-order valence-corrected chi connectivity index (χ2v) is 6.43. The topological polar surface area (TPSA) is 62.3 Å². The van der Waals surface area contributed by atoms with Crippen LogP contribution in [-0.4, -0.2) is 26.1 Å². The van der Waals surface area contributed by atoms with E-state index < -0.39 is 17.6 Å². The molecule has 1 N–H and O–H groups in total. The number of pyridine rings is 1. The second kappa shape index (κ2) is 6.90. The lowest BCUT2D eigenvalue weighted by molar-refractivity contribution is -0.123. The number of halogens is 1. The molecular weight excluding hydrogens is 349 g/mol.